The van der Waals surface area contributed by atoms with Crippen LogP contribution in [0.25, 0.3) is 11.0 Å². The Morgan fingerprint density at radius 3 is 2.86 bits per heavy atom. The van der Waals surface area contributed by atoms with Gasteiger partial charge in [-0.3, -0.25) is 14.9 Å². The molecule has 108 valence electrons. The number of nitrogens with zero attached hydrogens (tertiary/aromatic N) is 2. The molecule has 0 spiro atoms. The first kappa shape index (κ1) is 13.3. The molecule has 0 saturated carbocycles. The highest BCUT2D eigenvalue weighted by Crippen LogP contribution is 2.27. The summed E-state index contributed by atoms with van der Waals surface area (Å²) < 4.78 is 1.70. The number of piperidine rings is 1. The number of carboxylic acid groups (broad SMARTS) is 1. The number of rotatable bonds is 2. The fourth-order valence-electron chi connectivity index (χ4n) is 2.67. The van der Waals surface area contributed by atoms with E-state index in [1.165, 1.54) is 12.1 Å². The zero-order valence-corrected chi connectivity index (χ0v) is 11.3. The van der Waals surface area contributed by atoms with Crippen LogP contribution in [-0.4, -0.2) is 32.4 Å². The average molecular weight is 287 g/mol. The van der Waals surface area contributed by atoms with Crippen molar-refractivity contribution >= 4 is 28.8 Å². The van der Waals surface area contributed by atoms with E-state index >= 15 is 0 Å². The fraction of sp³-hybridized carbons (Fsp3) is 0.286. The molecule has 1 aromatic carbocycles. The van der Waals surface area contributed by atoms with Crippen molar-refractivity contribution in [1.29, 1.82) is 0 Å². The zero-order valence-electron chi connectivity index (χ0n) is 11.3. The van der Waals surface area contributed by atoms with Gasteiger partial charge in [0, 0.05) is 6.42 Å². The number of carbonyl (C=O) groups is 3. The summed E-state index contributed by atoms with van der Waals surface area (Å²) >= 11 is 0. The summed E-state index contributed by atoms with van der Waals surface area (Å²) in [6, 6.07) is 4.05. The fourth-order valence-corrected chi connectivity index (χ4v) is 2.67. The highest BCUT2D eigenvalue weighted by molar-refractivity contribution is 6.00. The molecule has 1 aliphatic heterocycles. The largest absolute Gasteiger partial charge is 0.478 e. The molecule has 2 heterocycles. The van der Waals surface area contributed by atoms with E-state index in [0.717, 1.165) is 0 Å². The number of hydrogen-bond acceptors (Lipinski definition) is 4. The van der Waals surface area contributed by atoms with Gasteiger partial charge in [0.25, 0.3) is 0 Å². The molecular formula is C14H13N3O4. The van der Waals surface area contributed by atoms with Gasteiger partial charge in [0.2, 0.25) is 11.8 Å². The summed E-state index contributed by atoms with van der Waals surface area (Å²) in [4.78, 5) is 38.7. The van der Waals surface area contributed by atoms with E-state index in [9.17, 15) is 14.4 Å². The summed E-state index contributed by atoms with van der Waals surface area (Å²) in [6.07, 6.45) is 0.641. The number of imidazole rings is 1. The molecule has 1 saturated heterocycles. The maximum Gasteiger partial charge on any atom is 0.335 e. The molecule has 1 atom stereocenters. The van der Waals surface area contributed by atoms with Crippen molar-refractivity contribution in [2.75, 3.05) is 0 Å². The van der Waals surface area contributed by atoms with E-state index in [1.54, 1.807) is 17.6 Å². The summed E-state index contributed by atoms with van der Waals surface area (Å²) in [5.74, 6) is -1.09. The maximum absolute atomic E-state index is 12.0. The Bertz CT molecular complexity index is 778. The molecule has 21 heavy (non-hydrogen) atoms. The first-order chi connectivity index (χ1) is 9.97. The molecule has 2 amide bonds. The monoisotopic (exact) mass is 287 g/mol. The third-order valence-corrected chi connectivity index (χ3v) is 3.63. The number of benzene rings is 1. The molecule has 1 unspecified atom stereocenters. The Labute approximate surface area is 119 Å². The van der Waals surface area contributed by atoms with Gasteiger partial charge in [-0.25, -0.2) is 9.78 Å². The normalized spacial score (nSPS) is 18.8. The zero-order chi connectivity index (χ0) is 15.1. The minimum Gasteiger partial charge on any atom is -0.478 e. The number of aromatic nitrogens is 2. The van der Waals surface area contributed by atoms with E-state index < -0.39 is 12.0 Å². The molecule has 0 radical (unpaired) electrons. The quantitative estimate of drug-likeness (QED) is 0.803. The number of aryl methyl sites for hydroxylation is 1. The molecule has 2 aromatic rings. The summed E-state index contributed by atoms with van der Waals surface area (Å²) in [6.45, 7) is 1.75. The lowest BCUT2D eigenvalue weighted by Crippen LogP contribution is -2.41. The number of hydrogen-bond donors (Lipinski definition) is 2. The second-order valence-electron chi connectivity index (χ2n) is 5.00. The Kier molecular flexibility index (Phi) is 2.97. The predicted molar refractivity (Wildman–Crippen MR) is 72.9 cm³/mol. The van der Waals surface area contributed by atoms with Gasteiger partial charge >= 0.3 is 5.97 Å². The van der Waals surface area contributed by atoms with Crippen LogP contribution in [0, 0.1) is 6.92 Å². The van der Waals surface area contributed by atoms with E-state index in [-0.39, 0.29) is 23.8 Å². The number of aromatic carboxylic acids is 1. The van der Waals surface area contributed by atoms with Gasteiger partial charge in [0.1, 0.15) is 11.9 Å². The van der Waals surface area contributed by atoms with Gasteiger partial charge < -0.3 is 9.67 Å². The molecule has 7 nitrogen and oxygen atoms in total. The van der Waals surface area contributed by atoms with Gasteiger partial charge in [0.05, 0.1) is 16.6 Å². The van der Waals surface area contributed by atoms with E-state index in [2.05, 4.69) is 10.3 Å². The van der Waals surface area contributed by atoms with Gasteiger partial charge in [-0.2, -0.15) is 0 Å². The third-order valence-electron chi connectivity index (χ3n) is 3.63. The minimum atomic E-state index is -1.04. The van der Waals surface area contributed by atoms with Crippen LogP contribution in [0.5, 0.6) is 0 Å². The Morgan fingerprint density at radius 2 is 2.19 bits per heavy atom. The van der Waals surface area contributed by atoms with Crippen LogP contribution in [-0.2, 0) is 9.59 Å². The lowest BCUT2D eigenvalue weighted by Gasteiger charge is -2.23. The Hall–Kier alpha value is -2.70. The van der Waals surface area contributed by atoms with Crippen molar-refractivity contribution in [3.8, 4) is 0 Å². The standard InChI is InChI=1S/C14H13N3O4/c1-7-15-9-3-2-8(14(20)21)6-11(9)17(7)10-4-5-12(18)16-13(10)19/h2-3,6,10H,4-5H2,1H3,(H,20,21)(H,16,18,19). The van der Waals surface area contributed by atoms with E-state index in [4.69, 9.17) is 5.11 Å². The van der Waals surface area contributed by atoms with Crippen LogP contribution in [0.4, 0.5) is 0 Å². The van der Waals surface area contributed by atoms with Crippen molar-refractivity contribution in [3.05, 3.63) is 29.6 Å². The molecule has 2 N–H and O–H groups in total. The number of carbonyl (C=O) groups excluding carboxylic acids is 2. The van der Waals surface area contributed by atoms with Crippen molar-refractivity contribution in [2.24, 2.45) is 0 Å². The Balaban J connectivity index is 2.14. The number of imide groups is 1. The topological polar surface area (TPSA) is 101 Å². The van der Waals surface area contributed by atoms with Crippen molar-refractivity contribution < 1.29 is 19.5 Å². The molecule has 0 bridgehead atoms. The first-order valence-electron chi connectivity index (χ1n) is 6.53. The molecule has 3 rings (SSSR count). The number of amides is 2. The van der Waals surface area contributed by atoms with E-state index in [0.29, 0.717) is 23.3 Å². The van der Waals surface area contributed by atoms with E-state index in [1.807, 2.05) is 0 Å². The van der Waals surface area contributed by atoms with Gasteiger partial charge in [0.15, 0.2) is 0 Å². The van der Waals surface area contributed by atoms with Crippen LogP contribution in [0.3, 0.4) is 0 Å². The van der Waals surface area contributed by atoms with Crippen molar-refractivity contribution in [1.82, 2.24) is 14.9 Å². The van der Waals surface area contributed by atoms with Gasteiger partial charge in [-0.15, -0.1) is 0 Å². The van der Waals surface area contributed by atoms with Gasteiger partial charge in [-0.1, -0.05) is 0 Å². The van der Waals surface area contributed by atoms with Crippen molar-refractivity contribution in [2.45, 2.75) is 25.8 Å². The smallest absolute Gasteiger partial charge is 0.335 e. The van der Waals surface area contributed by atoms with Gasteiger partial charge in [-0.05, 0) is 31.5 Å². The molecular weight excluding hydrogens is 274 g/mol. The highest BCUT2D eigenvalue weighted by Gasteiger charge is 2.30. The second-order valence-corrected chi connectivity index (χ2v) is 5.00. The Morgan fingerprint density at radius 1 is 1.43 bits per heavy atom. The predicted octanol–water partition coefficient (Wildman–Crippen LogP) is 1.02. The molecule has 1 fully saturated rings. The second kappa shape index (κ2) is 4.69. The number of nitrogens with one attached hydrogen (secondary N) is 1. The lowest BCUT2D eigenvalue weighted by molar-refractivity contribution is -0.135. The minimum absolute atomic E-state index is 0.135. The maximum atomic E-state index is 12.0. The SMILES string of the molecule is Cc1nc2ccc(C(=O)O)cc2n1C1CCC(=O)NC1=O. The summed E-state index contributed by atoms with van der Waals surface area (Å²) in [7, 11) is 0. The molecule has 1 aliphatic rings. The van der Waals surface area contributed by atoms with Crippen LogP contribution >= 0.6 is 0 Å². The number of carboxylic acids is 1. The van der Waals surface area contributed by atoms with Crippen LogP contribution in [0.1, 0.15) is 35.1 Å². The lowest BCUT2D eigenvalue weighted by atomic mass is 10.1. The summed E-state index contributed by atoms with van der Waals surface area (Å²) in [5, 5.41) is 11.4. The molecule has 1 aromatic heterocycles. The van der Waals surface area contributed by atoms with Crippen LogP contribution in [0.15, 0.2) is 18.2 Å². The van der Waals surface area contributed by atoms with Crippen LogP contribution < -0.4 is 5.32 Å². The number of fused-ring (bicyclic) bond motifs is 1. The summed E-state index contributed by atoms with van der Waals surface area (Å²) in [5.41, 5.74) is 1.35. The average Bonchev–Trinajstić information content (AvgIpc) is 2.74. The van der Waals surface area contributed by atoms with Crippen molar-refractivity contribution in [3.63, 3.8) is 0 Å². The molecule has 0 aliphatic carbocycles. The third kappa shape index (κ3) is 2.16. The first-order valence-corrected chi connectivity index (χ1v) is 6.53. The highest BCUT2D eigenvalue weighted by atomic mass is 16.4. The molecule has 7 heteroatoms. The van der Waals surface area contributed by atoms with Crippen LogP contribution in [0.2, 0.25) is 0 Å².